The van der Waals surface area contributed by atoms with Crippen LogP contribution in [0.5, 0.6) is 0 Å². The van der Waals surface area contributed by atoms with Gasteiger partial charge in [-0.2, -0.15) is 0 Å². The third-order valence-electron chi connectivity index (χ3n) is 5.66. The van der Waals surface area contributed by atoms with Crippen LogP contribution in [0.3, 0.4) is 0 Å². The second-order valence-electron chi connectivity index (χ2n) is 9.58. The van der Waals surface area contributed by atoms with E-state index >= 15 is 0 Å². The summed E-state index contributed by atoms with van der Waals surface area (Å²) in [6.07, 6.45) is 0.00307. The number of esters is 1. The van der Waals surface area contributed by atoms with Crippen LogP contribution in [0.15, 0.2) is 41.2 Å². The quantitative estimate of drug-likeness (QED) is 0.462. The van der Waals surface area contributed by atoms with Crippen molar-refractivity contribution in [2.24, 2.45) is 4.99 Å². The van der Waals surface area contributed by atoms with E-state index in [1.54, 1.807) is 35.6 Å². The van der Waals surface area contributed by atoms with E-state index in [1.807, 2.05) is 39.2 Å². The molecule has 0 amide bonds. The second-order valence-corrected chi connectivity index (χ2v) is 12.4. The first-order valence-electron chi connectivity index (χ1n) is 11.4. The maximum Gasteiger partial charge on any atom is 0.308 e. The lowest BCUT2D eigenvalue weighted by atomic mass is 9.99. The third-order valence-corrected chi connectivity index (χ3v) is 7.81. The maximum atomic E-state index is 12.8. The highest BCUT2D eigenvalue weighted by atomic mass is 32.2. The van der Waals surface area contributed by atoms with Crippen molar-refractivity contribution >= 4 is 38.7 Å². The fourth-order valence-electron chi connectivity index (χ4n) is 3.97. The highest BCUT2D eigenvalue weighted by molar-refractivity contribution is 7.95. The fraction of sp³-hybridized carbons (Fsp3) is 0.360. The maximum absolute atomic E-state index is 12.8. The van der Waals surface area contributed by atoms with Crippen LogP contribution in [-0.2, 0) is 19.6 Å². The third kappa shape index (κ3) is 5.12. The van der Waals surface area contributed by atoms with Crippen molar-refractivity contribution in [3.8, 4) is 5.00 Å². The number of carbonyl (C=O) groups is 1. The molecule has 0 fully saturated rings. The fourth-order valence-corrected chi connectivity index (χ4v) is 5.73. The number of ether oxygens (including phenoxy) is 1. The van der Waals surface area contributed by atoms with Crippen LogP contribution in [0.1, 0.15) is 66.5 Å². The summed E-state index contributed by atoms with van der Waals surface area (Å²) in [6, 6.07) is 6.34. The minimum absolute atomic E-state index is 0.00307. The molecule has 9 nitrogen and oxygen atoms in total. The molecule has 1 atom stereocenters. The van der Waals surface area contributed by atoms with Gasteiger partial charge in [-0.15, -0.1) is 21.5 Å². The molecule has 2 aromatic heterocycles. The number of anilines is 1. The Labute approximate surface area is 215 Å². The van der Waals surface area contributed by atoms with Crippen molar-refractivity contribution in [1.29, 1.82) is 0 Å². The van der Waals surface area contributed by atoms with Gasteiger partial charge < -0.3 is 4.74 Å². The molecule has 0 saturated heterocycles. The molecule has 0 bridgehead atoms. The van der Waals surface area contributed by atoms with E-state index in [4.69, 9.17) is 9.73 Å². The first-order chi connectivity index (χ1) is 16.8. The lowest BCUT2D eigenvalue weighted by molar-refractivity contribution is -0.155. The average Bonchev–Trinajstić information content (AvgIpc) is 3.25. The summed E-state index contributed by atoms with van der Waals surface area (Å²) in [5.74, 6) is 0.897. The monoisotopic (exact) mass is 527 g/mol. The molecule has 36 heavy (non-hydrogen) atoms. The predicted octanol–water partition coefficient (Wildman–Crippen LogP) is 4.76. The summed E-state index contributed by atoms with van der Waals surface area (Å²) >= 11 is 1.62. The number of aliphatic imine (C=N–C) groups is 1. The van der Waals surface area contributed by atoms with E-state index in [1.165, 1.54) is 0 Å². The van der Waals surface area contributed by atoms with Crippen LogP contribution in [-0.4, -0.2) is 40.5 Å². The summed E-state index contributed by atoms with van der Waals surface area (Å²) in [6.45, 7) is 14.8. The van der Waals surface area contributed by atoms with Crippen LogP contribution in [0.25, 0.3) is 5.00 Å². The minimum atomic E-state index is -3.62. The van der Waals surface area contributed by atoms with Crippen molar-refractivity contribution < 1.29 is 17.9 Å². The zero-order chi connectivity index (χ0) is 26.4. The standard InChI is InChI=1S/C25H29N5O4S2/c1-8-36(32,33)29-18-11-9-17(10-12-18)22-21-14(2)15(3)35-24(21)30-16(4)27-28-23(30)19(26-22)13-20(31)34-25(5,6)7/h8-12,19,29H,1,13H2,2-7H3/t19-/m0/s1. The second kappa shape index (κ2) is 9.29. The Morgan fingerprint density at radius 1 is 1.19 bits per heavy atom. The highest BCUT2D eigenvalue weighted by Gasteiger charge is 2.33. The van der Waals surface area contributed by atoms with Crippen LogP contribution >= 0.6 is 11.3 Å². The van der Waals surface area contributed by atoms with Crippen LogP contribution in [0.4, 0.5) is 5.69 Å². The molecule has 3 heterocycles. The molecule has 1 N–H and O–H groups in total. The largest absolute Gasteiger partial charge is 0.460 e. The number of carbonyl (C=O) groups excluding carboxylic acids is 1. The Hall–Kier alpha value is -3.31. The Kier molecular flexibility index (Phi) is 6.65. The topological polar surface area (TPSA) is 116 Å². The van der Waals surface area contributed by atoms with E-state index in [-0.39, 0.29) is 12.4 Å². The number of hydrogen-bond acceptors (Lipinski definition) is 8. The first kappa shape index (κ1) is 25.8. The summed E-state index contributed by atoms with van der Waals surface area (Å²) in [4.78, 5) is 19.0. The molecular formula is C25H29N5O4S2. The molecule has 1 aliphatic heterocycles. The summed E-state index contributed by atoms with van der Waals surface area (Å²) in [7, 11) is -3.62. The van der Waals surface area contributed by atoms with Crippen molar-refractivity contribution in [2.45, 2.75) is 59.6 Å². The van der Waals surface area contributed by atoms with E-state index in [2.05, 4.69) is 28.4 Å². The SMILES string of the molecule is C=CS(=O)(=O)Nc1ccc(C2=N[C@@H](CC(=O)OC(C)(C)C)c3nnc(C)n3-c3sc(C)c(C)c32)cc1. The Balaban J connectivity index is 1.85. The Morgan fingerprint density at radius 2 is 1.86 bits per heavy atom. The normalized spacial score (nSPS) is 15.4. The molecule has 0 spiro atoms. The van der Waals surface area contributed by atoms with Gasteiger partial charge in [-0.1, -0.05) is 18.7 Å². The van der Waals surface area contributed by atoms with Gasteiger partial charge in [-0.05, 0) is 59.2 Å². The number of rotatable bonds is 6. The van der Waals surface area contributed by atoms with Gasteiger partial charge in [0.15, 0.2) is 5.82 Å². The van der Waals surface area contributed by atoms with E-state index in [0.717, 1.165) is 32.0 Å². The molecule has 190 valence electrons. The van der Waals surface area contributed by atoms with E-state index < -0.39 is 21.7 Å². The number of nitrogens with zero attached hydrogens (tertiary/aromatic N) is 4. The summed E-state index contributed by atoms with van der Waals surface area (Å²) in [5, 5.41) is 10.5. The molecular weight excluding hydrogens is 498 g/mol. The van der Waals surface area contributed by atoms with Crippen molar-refractivity contribution in [2.75, 3.05) is 4.72 Å². The van der Waals surface area contributed by atoms with Crippen LogP contribution in [0, 0.1) is 20.8 Å². The van der Waals surface area contributed by atoms with Crippen LogP contribution in [0.2, 0.25) is 0 Å². The number of thiophene rings is 1. The van der Waals surface area contributed by atoms with Crippen molar-refractivity contribution in [3.05, 3.63) is 69.5 Å². The predicted molar refractivity (Wildman–Crippen MR) is 141 cm³/mol. The zero-order valence-electron chi connectivity index (χ0n) is 21.1. The Morgan fingerprint density at radius 3 is 2.47 bits per heavy atom. The average molecular weight is 528 g/mol. The van der Waals surface area contributed by atoms with Crippen LogP contribution < -0.4 is 4.72 Å². The summed E-state index contributed by atoms with van der Waals surface area (Å²) < 4.78 is 33.8. The van der Waals surface area contributed by atoms with Gasteiger partial charge in [0.05, 0.1) is 12.1 Å². The molecule has 0 radical (unpaired) electrons. The van der Waals surface area contributed by atoms with E-state index in [0.29, 0.717) is 23.0 Å². The van der Waals surface area contributed by atoms with Gasteiger partial charge in [-0.3, -0.25) is 19.1 Å². The number of aromatic nitrogens is 3. The molecule has 1 aromatic carbocycles. The molecule has 3 aromatic rings. The van der Waals surface area contributed by atoms with Gasteiger partial charge in [0.1, 0.15) is 22.5 Å². The smallest absolute Gasteiger partial charge is 0.308 e. The zero-order valence-corrected chi connectivity index (χ0v) is 22.7. The number of nitrogens with one attached hydrogen (secondary N) is 1. The molecule has 0 saturated carbocycles. The minimum Gasteiger partial charge on any atom is -0.460 e. The van der Waals surface area contributed by atoms with E-state index in [9.17, 15) is 13.2 Å². The van der Waals surface area contributed by atoms with Gasteiger partial charge in [-0.25, -0.2) is 8.42 Å². The summed E-state index contributed by atoms with van der Waals surface area (Å²) in [5.41, 5.74) is 3.27. The first-order valence-corrected chi connectivity index (χ1v) is 13.7. The number of hydrogen-bond donors (Lipinski definition) is 1. The van der Waals surface area contributed by atoms with Crippen molar-refractivity contribution in [3.63, 3.8) is 0 Å². The number of benzene rings is 1. The van der Waals surface area contributed by atoms with Crippen molar-refractivity contribution in [1.82, 2.24) is 14.8 Å². The lowest BCUT2D eigenvalue weighted by Gasteiger charge is -2.21. The number of sulfonamides is 1. The number of fused-ring (bicyclic) bond motifs is 3. The van der Waals surface area contributed by atoms with Gasteiger partial charge in [0.25, 0.3) is 10.0 Å². The Bertz CT molecular complexity index is 1480. The van der Waals surface area contributed by atoms with Gasteiger partial charge in [0, 0.05) is 27.1 Å². The van der Waals surface area contributed by atoms with Gasteiger partial charge in [0.2, 0.25) is 0 Å². The highest BCUT2D eigenvalue weighted by Crippen LogP contribution is 2.39. The molecule has 1 aliphatic rings. The van der Waals surface area contributed by atoms with Gasteiger partial charge >= 0.3 is 5.97 Å². The number of aryl methyl sites for hydroxylation is 2. The lowest BCUT2D eigenvalue weighted by Crippen LogP contribution is -2.25. The molecule has 0 aliphatic carbocycles. The molecule has 4 rings (SSSR count). The molecule has 0 unspecified atom stereocenters. The molecule has 11 heteroatoms.